The van der Waals surface area contributed by atoms with Gasteiger partial charge in [0.25, 0.3) is 5.91 Å². The van der Waals surface area contributed by atoms with Gasteiger partial charge in [0, 0.05) is 11.3 Å². The van der Waals surface area contributed by atoms with Crippen LogP contribution in [0.2, 0.25) is 0 Å². The average Bonchev–Trinajstić information content (AvgIpc) is 2.74. The van der Waals surface area contributed by atoms with Crippen molar-refractivity contribution >= 4 is 62.9 Å². The van der Waals surface area contributed by atoms with E-state index in [0.717, 1.165) is 12.7 Å². The van der Waals surface area contributed by atoms with E-state index in [-0.39, 0.29) is 18.0 Å². The number of nitrogens with zero attached hydrogens (tertiary/aromatic N) is 1. The van der Waals surface area contributed by atoms with Crippen LogP contribution in [-0.4, -0.2) is 5.91 Å². The summed E-state index contributed by atoms with van der Waals surface area (Å²) in [5.41, 5.74) is 2.86. The summed E-state index contributed by atoms with van der Waals surface area (Å²) in [6.45, 7) is 2.06. The maximum atomic E-state index is 13.8. The summed E-state index contributed by atoms with van der Waals surface area (Å²) in [5, 5.41) is 12.2. The Bertz CT molecular complexity index is 1160. The van der Waals surface area contributed by atoms with Gasteiger partial charge in [-0.25, -0.2) is 4.39 Å². The molecule has 0 saturated carbocycles. The number of rotatable bonds is 6. The van der Waals surface area contributed by atoms with Crippen molar-refractivity contribution in [3.05, 3.63) is 95.9 Å². The van der Waals surface area contributed by atoms with Crippen molar-refractivity contribution in [2.75, 3.05) is 5.32 Å². The van der Waals surface area contributed by atoms with Crippen LogP contribution in [0, 0.1) is 31.2 Å². The molecule has 0 heterocycles. The predicted octanol–water partition coefficient (Wildman–Crippen LogP) is 6.47. The third kappa shape index (κ3) is 6.27. The quantitative estimate of drug-likeness (QED) is 0.192. The molecule has 3 aromatic rings. The van der Waals surface area contributed by atoms with Crippen molar-refractivity contribution in [2.45, 2.75) is 13.5 Å². The summed E-state index contributed by atoms with van der Waals surface area (Å²) < 4.78 is 21.3. The third-order valence-corrected chi connectivity index (χ3v) is 5.94. The van der Waals surface area contributed by atoms with Gasteiger partial charge in [-0.05, 0) is 94.1 Å². The van der Waals surface area contributed by atoms with Gasteiger partial charge in [-0.15, -0.1) is 0 Å². The fraction of sp³-hybridized carbons (Fsp3) is 0.0833. The van der Waals surface area contributed by atoms with E-state index < -0.39 is 5.91 Å². The molecule has 0 spiro atoms. The van der Waals surface area contributed by atoms with E-state index in [2.05, 4.69) is 50.5 Å². The first-order valence-electron chi connectivity index (χ1n) is 9.22. The Kier molecular flexibility index (Phi) is 8.03. The first kappa shape index (κ1) is 23.2. The van der Waals surface area contributed by atoms with E-state index >= 15 is 0 Å². The Balaban J connectivity index is 1.77. The molecular formula is C24H17FI2N2O2. The zero-order valence-electron chi connectivity index (χ0n) is 16.5. The zero-order chi connectivity index (χ0) is 22.4. The molecule has 4 nitrogen and oxygen atoms in total. The number of ether oxygens (including phenoxy) is 1. The van der Waals surface area contributed by atoms with Gasteiger partial charge in [0.1, 0.15) is 29.8 Å². The number of carbonyl (C=O) groups excluding carboxylic acids is 1. The van der Waals surface area contributed by atoms with Crippen LogP contribution in [0.15, 0.2) is 66.2 Å². The lowest BCUT2D eigenvalue weighted by molar-refractivity contribution is -0.112. The van der Waals surface area contributed by atoms with E-state index in [1.54, 1.807) is 30.3 Å². The number of carbonyl (C=O) groups is 1. The summed E-state index contributed by atoms with van der Waals surface area (Å²) in [6, 6.07) is 19.4. The van der Waals surface area contributed by atoms with Crippen LogP contribution in [0.1, 0.15) is 16.7 Å². The Labute approximate surface area is 207 Å². The molecule has 0 bridgehead atoms. The summed E-state index contributed by atoms with van der Waals surface area (Å²) in [6.07, 6.45) is 1.54. The molecule has 3 rings (SSSR count). The minimum absolute atomic E-state index is 0.00722. The molecule has 31 heavy (non-hydrogen) atoms. The third-order valence-electron chi connectivity index (χ3n) is 4.34. The molecule has 1 amide bonds. The van der Waals surface area contributed by atoms with Crippen molar-refractivity contribution in [2.24, 2.45) is 0 Å². The lowest BCUT2D eigenvalue weighted by Crippen LogP contribution is -2.13. The van der Waals surface area contributed by atoms with E-state index in [9.17, 15) is 14.4 Å². The number of aryl methyl sites for hydroxylation is 1. The Morgan fingerprint density at radius 2 is 1.77 bits per heavy atom. The smallest absolute Gasteiger partial charge is 0.266 e. The summed E-state index contributed by atoms with van der Waals surface area (Å²) in [7, 11) is 0. The summed E-state index contributed by atoms with van der Waals surface area (Å²) >= 11 is 4.25. The number of hydrogen-bond donors (Lipinski definition) is 1. The number of benzene rings is 3. The van der Waals surface area contributed by atoms with Crippen molar-refractivity contribution in [1.82, 2.24) is 0 Å². The average molecular weight is 638 g/mol. The molecule has 0 fully saturated rings. The van der Waals surface area contributed by atoms with Crippen LogP contribution in [0.5, 0.6) is 5.75 Å². The fourth-order valence-electron chi connectivity index (χ4n) is 2.72. The van der Waals surface area contributed by atoms with Gasteiger partial charge in [-0.1, -0.05) is 35.9 Å². The maximum absolute atomic E-state index is 13.8. The second-order valence-corrected chi connectivity index (χ2v) is 9.01. The molecule has 0 aliphatic heterocycles. The first-order valence-corrected chi connectivity index (χ1v) is 11.4. The summed E-state index contributed by atoms with van der Waals surface area (Å²) in [4.78, 5) is 12.5. The molecule has 0 unspecified atom stereocenters. The number of anilines is 1. The van der Waals surface area contributed by atoms with Crippen LogP contribution in [0.4, 0.5) is 10.1 Å². The lowest BCUT2D eigenvalue weighted by Gasteiger charge is -2.12. The van der Waals surface area contributed by atoms with Crippen LogP contribution in [-0.2, 0) is 11.4 Å². The highest BCUT2D eigenvalue weighted by molar-refractivity contribution is 14.1. The number of nitriles is 1. The van der Waals surface area contributed by atoms with E-state index in [0.29, 0.717) is 22.6 Å². The Morgan fingerprint density at radius 3 is 2.39 bits per heavy atom. The van der Waals surface area contributed by atoms with Crippen molar-refractivity contribution < 1.29 is 13.9 Å². The van der Waals surface area contributed by atoms with E-state index in [1.165, 1.54) is 12.1 Å². The zero-order valence-corrected chi connectivity index (χ0v) is 20.8. The SMILES string of the molecule is Cc1ccc(NC(=O)/C(C#N)=C/c2cc(I)c(OCc3ccccc3F)c(I)c2)cc1. The van der Waals surface area contributed by atoms with Gasteiger partial charge >= 0.3 is 0 Å². The molecule has 1 N–H and O–H groups in total. The van der Waals surface area contributed by atoms with E-state index in [4.69, 9.17) is 4.74 Å². The summed E-state index contributed by atoms with van der Waals surface area (Å²) in [5.74, 6) is -0.161. The highest BCUT2D eigenvalue weighted by Crippen LogP contribution is 2.31. The first-order chi connectivity index (χ1) is 14.9. The standard InChI is InChI=1S/C24H17FI2N2O2/c1-15-6-8-19(9-7-15)29-24(30)18(13-28)10-16-11-21(26)23(22(27)12-16)31-14-17-4-2-3-5-20(17)25/h2-12H,14H2,1H3,(H,29,30)/b18-10+. The van der Waals surface area contributed by atoms with Gasteiger partial charge in [0.2, 0.25) is 0 Å². The highest BCUT2D eigenvalue weighted by atomic mass is 127. The minimum Gasteiger partial charge on any atom is -0.487 e. The molecule has 0 aromatic heterocycles. The van der Waals surface area contributed by atoms with Gasteiger partial charge in [-0.2, -0.15) is 5.26 Å². The van der Waals surface area contributed by atoms with Crippen LogP contribution in [0.3, 0.4) is 0 Å². The van der Waals surface area contributed by atoms with Crippen LogP contribution < -0.4 is 10.1 Å². The van der Waals surface area contributed by atoms with Gasteiger partial charge in [-0.3, -0.25) is 4.79 Å². The second-order valence-electron chi connectivity index (χ2n) is 6.68. The van der Waals surface area contributed by atoms with Gasteiger partial charge in [0.05, 0.1) is 7.14 Å². The topological polar surface area (TPSA) is 62.1 Å². The molecule has 0 atom stereocenters. The normalized spacial score (nSPS) is 11.0. The van der Waals surface area contributed by atoms with Crippen molar-refractivity contribution in [3.8, 4) is 11.8 Å². The maximum Gasteiger partial charge on any atom is 0.266 e. The molecule has 156 valence electrons. The molecule has 0 aliphatic rings. The second kappa shape index (κ2) is 10.7. The van der Waals surface area contributed by atoms with E-state index in [1.807, 2.05) is 37.3 Å². The van der Waals surface area contributed by atoms with Gasteiger partial charge in [0.15, 0.2) is 0 Å². The number of halogens is 3. The van der Waals surface area contributed by atoms with Crippen molar-refractivity contribution in [3.63, 3.8) is 0 Å². The fourth-order valence-corrected chi connectivity index (χ4v) is 4.84. The van der Waals surface area contributed by atoms with Gasteiger partial charge < -0.3 is 10.1 Å². The molecule has 7 heteroatoms. The minimum atomic E-state index is -0.476. The monoisotopic (exact) mass is 638 g/mol. The van der Waals surface area contributed by atoms with Crippen LogP contribution in [0.25, 0.3) is 6.08 Å². The number of amides is 1. The molecule has 3 aromatic carbocycles. The molecule has 0 saturated heterocycles. The highest BCUT2D eigenvalue weighted by Gasteiger charge is 2.13. The predicted molar refractivity (Wildman–Crippen MR) is 136 cm³/mol. The largest absolute Gasteiger partial charge is 0.487 e. The molecular weight excluding hydrogens is 621 g/mol. The Hall–Kier alpha value is -2.45. The molecule has 0 aliphatic carbocycles. The lowest BCUT2D eigenvalue weighted by atomic mass is 10.1. The van der Waals surface area contributed by atoms with Crippen molar-refractivity contribution in [1.29, 1.82) is 5.26 Å². The number of hydrogen-bond acceptors (Lipinski definition) is 3. The number of nitrogens with one attached hydrogen (secondary N) is 1. The Morgan fingerprint density at radius 1 is 1.13 bits per heavy atom. The van der Waals surface area contributed by atoms with Crippen LogP contribution >= 0.6 is 45.2 Å². The molecule has 0 radical (unpaired) electrons.